The lowest BCUT2D eigenvalue weighted by atomic mass is 10.0. The van der Waals surface area contributed by atoms with E-state index < -0.39 is 11.6 Å². The number of nitrogens with one attached hydrogen (secondary N) is 3. The average molecular weight is 728 g/mol. The number of piperidine rings is 1. The van der Waals surface area contributed by atoms with Crippen LogP contribution in [0, 0.1) is 11.6 Å². The van der Waals surface area contributed by atoms with Crippen molar-refractivity contribution in [1.82, 2.24) is 35.0 Å². The Morgan fingerprint density at radius 1 is 0.906 bits per heavy atom. The highest BCUT2D eigenvalue weighted by atomic mass is 19.1. The summed E-state index contributed by atoms with van der Waals surface area (Å²) in [4.78, 5) is 48.3. The van der Waals surface area contributed by atoms with E-state index in [-0.39, 0.29) is 29.8 Å². The number of amides is 3. The minimum absolute atomic E-state index is 0.211. The molecule has 5 heterocycles. The minimum Gasteiger partial charge on any atom is -0.374 e. The van der Waals surface area contributed by atoms with Gasteiger partial charge in [0.15, 0.2) is 5.65 Å². The first-order valence-electron chi connectivity index (χ1n) is 18.8. The lowest BCUT2D eigenvalue weighted by Crippen LogP contribution is -2.47. The van der Waals surface area contributed by atoms with Gasteiger partial charge >= 0.3 is 0 Å². The van der Waals surface area contributed by atoms with Crippen molar-refractivity contribution in [2.45, 2.75) is 70.0 Å². The van der Waals surface area contributed by atoms with Gasteiger partial charge in [0.05, 0.1) is 12.2 Å². The van der Waals surface area contributed by atoms with Gasteiger partial charge in [0, 0.05) is 69.7 Å². The number of carbonyl (C=O) groups excluding carboxylic acids is 3. The Morgan fingerprint density at radius 2 is 1.70 bits per heavy atom. The maximum Gasteiger partial charge on any atom is 0.256 e. The standard InChI is InChI=1S/C39H47F2N9O3/c40-28-9-12-32(41)30(24-28)34-6-5-18-49(34)35-15-19-50-37(45-35)31(25-43-50)38(52)42-16-3-1-2-4-17-47-20-22-48(23-21-47)26-27-7-10-29(11-8-27)44-33-13-14-36(51)46-39(33)53/h7-12,15,19,24-25,33-34,44H,1-6,13-14,16-18,20-23,26H2,(H,42,52)(H,46,51,53)/t33?,34-/m1/s1. The molecule has 12 nitrogen and oxygen atoms in total. The van der Waals surface area contributed by atoms with Gasteiger partial charge in [0.25, 0.3) is 5.91 Å². The first-order chi connectivity index (χ1) is 25.8. The predicted octanol–water partition coefficient (Wildman–Crippen LogP) is 4.67. The first kappa shape index (κ1) is 36.4. The van der Waals surface area contributed by atoms with E-state index in [2.05, 4.69) is 43.0 Å². The molecule has 280 valence electrons. The number of hydrogen-bond acceptors (Lipinski definition) is 9. The number of fused-ring (bicyclic) bond motifs is 1. The predicted molar refractivity (Wildman–Crippen MR) is 197 cm³/mol. The SMILES string of the molecule is O=C1CCC(Nc2ccc(CN3CCN(CCCCCCNC(=O)c4cnn5ccc(N6CCC[C@@H]6c6cc(F)ccc6F)nc45)CC3)cc2)C(=O)N1. The minimum atomic E-state index is -0.471. The Bertz CT molecular complexity index is 1910. The Hall–Kier alpha value is -4.95. The molecule has 53 heavy (non-hydrogen) atoms. The number of halogens is 2. The van der Waals surface area contributed by atoms with E-state index in [4.69, 9.17) is 4.98 Å². The first-order valence-corrected chi connectivity index (χ1v) is 18.8. The Balaban J connectivity index is 0.789. The molecule has 3 saturated heterocycles. The molecule has 2 aromatic heterocycles. The van der Waals surface area contributed by atoms with Crippen LogP contribution in [0.15, 0.2) is 60.9 Å². The van der Waals surface area contributed by atoms with Crippen molar-refractivity contribution in [3.63, 3.8) is 0 Å². The zero-order valence-corrected chi connectivity index (χ0v) is 29.9. The van der Waals surface area contributed by atoms with Crippen LogP contribution in [0.1, 0.15) is 78.9 Å². The maximum absolute atomic E-state index is 14.6. The van der Waals surface area contributed by atoms with Crippen LogP contribution in [-0.2, 0) is 16.1 Å². The van der Waals surface area contributed by atoms with Crippen molar-refractivity contribution in [3.05, 3.63) is 89.2 Å². The second kappa shape index (κ2) is 16.8. The Labute approximate surface area is 307 Å². The number of hydrogen-bond donors (Lipinski definition) is 3. The number of nitrogens with zero attached hydrogens (tertiary/aromatic N) is 6. The molecular weight excluding hydrogens is 680 g/mol. The Kier molecular flexibility index (Phi) is 11.5. The number of imide groups is 1. The molecule has 0 radical (unpaired) electrons. The molecule has 2 aromatic carbocycles. The fraction of sp³-hybridized carbons (Fsp3) is 0.462. The normalized spacial score (nSPS) is 19.8. The lowest BCUT2D eigenvalue weighted by molar-refractivity contribution is -0.133. The van der Waals surface area contributed by atoms with E-state index in [0.717, 1.165) is 89.2 Å². The molecule has 3 N–H and O–H groups in total. The largest absolute Gasteiger partial charge is 0.374 e. The molecule has 3 aliphatic heterocycles. The van der Waals surface area contributed by atoms with Crippen molar-refractivity contribution >= 4 is 34.9 Å². The highest BCUT2D eigenvalue weighted by Crippen LogP contribution is 2.37. The van der Waals surface area contributed by atoms with Crippen molar-refractivity contribution in [2.24, 2.45) is 0 Å². The number of piperazine rings is 1. The maximum atomic E-state index is 14.6. The van der Waals surface area contributed by atoms with Crippen LogP contribution in [0.25, 0.3) is 5.65 Å². The number of carbonyl (C=O) groups is 3. The summed E-state index contributed by atoms with van der Waals surface area (Å²) >= 11 is 0. The topological polar surface area (TPSA) is 127 Å². The summed E-state index contributed by atoms with van der Waals surface area (Å²) in [6.07, 6.45) is 9.77. The molecular formula is C39H47F2N9O3. The van der Waals surface area contributed by atoms with Crippen LogP contribution < -0.4 is 20.9 Å². The van der Waals surface area contributed by atoms with Crippen LogP contribution in [0.2, 0.25) is 0 Å². The van der Waals surface area contributed by atoms with E-state index in [1.807, 2.05) is 17.0 Å². The third-order valence-electron chi connectivity index (χ3n) is 10.6. The van der Waals surface area contributed by atoms with E-state index in [9.17, 15) is 23.2 Å². The molecule has 2 atom stereocenters. The number of rotatable bonds is 14. The van der Waals surface area contributed by atoms with Crippen LogP contribution in [0.3, 0.4) is 0 Å². The number of anilines is 2. The average Bonchev–Trinajstić information content (AvgIpc) is 3.82. The summed E-state index contributed by atoms with van der Waals surface area (Å²) in [7, 11) is 0. The van der Waals surface area contributed by atoms with Gasteiger partial charge in [-0.2, -0.15) is 5.10 Å². The number of aromatic nitrogens is 3. The van der Waals surface area contributed by atoms with Gasteiger partial charge < -0.3 is 20.4 Å². The van der Waals surface area contributed by atoms with Crippen molar-refractivity contribution in [2.75, 3.05) is 56.0 Å². The lowest BCUT2D eigenvalue weighted by Gasteiger charge is -2.34. The van der Waals surface area contributed by atoms with Crippen LogP contribution >= 0.6 is 0 Å². The zero-order chi connectivity index (χ0) is 36.7. The van der Waals surface area contributed by atoms with Crippen LogP contribution in [0.4, 0.5) is 20.3 Å². The highest BCUT2D eigenvalue weighted by molar-refractivity contribution is 6.01. The summed E-state index contributed by atoms with van der Waals surface area (Å²) in [5, 5.41) is 12.9. The van der Waals surface area contributed by atoms with Gasteiger partial charge in [-0.15, -0.1) is 0 Å². The molecule has 0 saturated carbocycles. The molecule has 14 heteroatoms. The van der Waals surface area contributed by atoms with E-state index >= 15 is 0 Å². The van der Waals surface area contributed by atoms with Gasteiger partial charge in [-0.1, -0.05) is 25.0 Å². The van der Waals surface area contributed by atoms with E-state index in [0.29, 0.717) is 54.9 Å². The Morgan fingerprint density at radius 3 is 2.51 bits per heavy atom. The van der Waals surface area contributed by atoms with Crippen LogP contribution in [-0.4, -0.2) is 94.0 Å². The second-order valence-electron chi connectivity index (χ2n) is 14.3. The van der Waals surface area contributed by atoms with Crippen molar-refractivity contribution < 1.29 is 23.2 Å². The molecule has 7 rings (SSSR count). The molecule has 1 unspecified atom stereocenters. The molecule has 0 aliphatic carbocycles. The third-order valence-corrected chi connectivity index (χ3v) is 10.6. The summed E-state index contributed by atoms with van der Waals surface area (Å²) in [5.41, 5.74) is 3.25. The van der Waals surface area contributed by atoms with Crippen molar-refractivity contribution in [1.29, 1.82) is 0 Å². The second-order valence-corrected chi connectivity index (χ2v) is 14.3. The number of benzene rings is 2. The molecule has 4 aromatic rings. The monoisotopic (exact) mass is 727 g/mol. The molecule has 0 bridgehead atoms. The van der Waals surface area contributed by atoms with Gasteiger partial charge in [0.2, 0.25) is 11.8 Å². The highest BCUT2D eigenvalue weighted by Gasteiger charge is 2.30. The fourth-order valence-corrected chi connectivity index (χ4v) is 7.59. The summed E-state index contributed by atoms with van der Waals surface area (Å²) < 4.78 is 30.2. The molecule has 3 amide bonds. The van der Waals surface area contributed by atoms with Gasteiger partial charge in [-0.25, -0.2) is 18.3 Å². The van der Waals surface area contributed by atoms with E-state index in [1.165, 1.54) is 17.8 Å². The molecule has 3 aliphatic rings. The number of unbranched alkanes of at least 4 members (excludes halogenated alkanes) is 3. The quantitative estimate of drug-likeness (QED) is 0.126. The smallest absolute Gasteiger partial charge is 0.256 e. The van der Waals surface area contributed by atoms with Gasteiger partial charge in [0.1, 0.15) is 29.1 Å². The summed E-state index contributed by atoms with van der Waals surface area (Å²) in [6.45, 7) is 7.30. The zero-order valence-electron chi connectivity index (χ0n) is 29.9. The van der Waals surface area contributed by atoms with Gasteiger partial charge in [-0.3, -0.25) is 24.6 Å². The third kappa shape index (κ3) is 8.99. The molecule has 3 fully saturated rings. The van der Waals surface area contributed by atoms with Gasteiger partial charge in [-0.05, 0) is 80.6 Å². The molecule has 0 spiro atoms. The van der Waals surface area contributed by atoms with Crippen molar-refractivity contribution in [3.8, 4) is 0 Å². The summed E-state index contributed by atoms with van der Waals surface area (Å²) in [5.74, 6) is -1.01. The van der Waals surface area contributed by atoms with Crippen LogP contribution in [0.5, 0.6) is 0 Å². The summed E-state index contributed by atoms with van der Waals surface area (Å²) in [6, 6.07) is 12.8. The fourth-order valence-electron chi connectivity index (χ4n) is 7.59. The van der Waals surface area contributed by atoms with E-state index in [1.54, 1.807) is 16.8 Å².